The van der Waals surface area contributed by atoms with Gasteiger partial charge in [-0.25, -0.2) is 0 Å². The largest absolute Gasteiger partial charge is 0.358 e. The van der Waals surface area contributed by atoms with Gasteiger partial charge in [-0.05, 0) is 24.7 Å². The molecule has 1 aromatic carbocycles. The Morgan fingerprint density at radius 2 is 1.89 bits per heavy atom. The van der Waals surface area contributed by atoms with Crippen LogP contribution in [0.2, 0.25) is 10.0 Å². The molecule has 19 heavy (non-hydrogen) atoms. The predicted molar refractivity (Wildman–Crippen MR) is 77.0 cm³/mol. The highest BCUT2D eigenvalue weighted by atomic mass is 35.5. The molecule has 1 amide bonds. The van der Waals surface area contributed by atoms with E-state index in [4.69, 9.17) is 23.2 Å². The number of nitrogens with zero attached hydrogens (tertiary/aromatic N) is 1. The van der Waals surface area contributed by atoms with Gasteiger partial charge in [-0.1, -0.05) is 30.1 Å². The van der Waals surface area contributed by atoms with Crippen molar-refractivity contribution in [2.24, 2.45) is 0 Å². The first-order chi connectivity index (χ1) is 8.97. The molecule has 0 fully saturated rings. The van der Waals surface area contributed by atoms with E-state index in [9.17, 15) is 9.59 Å². The van der Waals surface area contributed by atoms with Crippen molar-refractivity contribution in [3.05, 3.63) is 33.8 Å². The summed E-state index contributed by atoms with van der Waals surface area (Å²) in [5.41, 5.74) is 0.491. The van der Waals surface area contributed by atoms with Gasteiger partial charge in [-0.3, -0.25) is 14.5 Å². The number of halogens is 2. The summed E-state index contributed by atoms with van der Waals surface area (Å²) in [4.78, 5) is 25.1. The molecule has 0 radical (unpaired) electrons. The third-order valence-electron chi connectivity index (χ3n) is 2.70. The van der Waals surface area contributed by atoms with Gasteiger partial charge in [0, 0.05) is 12.6 Å². The van der Waals surface area contributed by atoms with Crippen LogP contribution in [0.3, 0.4) is 0 Å². The van der Waals surface area contributed by atoms with Crippen molar-refractivity contribution in [3.63, 3.8) is 0 Å². The highest BCUT2D eigenvalue weighted by molar-refractivity contribution is 6.42. The molecule has 0 unspecified atom stereocenters. The lowest BCUT2D eigenvalue weighted by atomic mass is 10.1. The molecule has 0 aliphatic carbocycles. The number of nitrogens with one attached hydrogen (secondary N) is 1. The Bertz CT molecular complexity index is 478. The van der Waals surface area contributed by atoms with Gasteiger partial charge in [-0.15, -0.1) is 0 Å². The normalized spacial score (nSPS) is 10.6. The summed E-state index contributed by atoms with van der Waals surface area (Å²) in [6, 6.07) is 4.76. The van der Waals surface area contributed by atoms with E-state index in [2.05, 4.69) is 5.32 Å². The molecule has 0 bridgehead atoms. The van der Waals surface area contributed by atoms with E-state index in [1.165, 1.54) is 0 Å². The first-order valence-corrected chi connectivity index (χ1v) is 6.64. The number of carbonyl (C=O) groups excluding carboxylic acids is 2. The minimum atomic E-state index is -0.121. The molecule has 1 rings (SSSR count). The highest BCUT2D eigenvalue weighted by Crippen LogP contribution is 2.22. The molecular weight excluding hydrogens is 287 g/mol. The average molecular weight is 303 g/mol. The van der Waals surface area contributed by atoms with Crippen LogP contribution in [0.25, 0.3) is 0 Å². The predicted octanol–water partition coefficient (Wildman–Crippen LogP) is 2.24. The molecule has 6 heteroatoms. The van der Waals surface area contributed by atoms with Crippen LogP contribution in [0.5, 0.6) is 0 Å². The molecule has 0 aromatic heterocycles. The van der Waals surface area contributed by atoms with Gasteiger partial charge in [0.05, 0.1) is 23.1 Å². The van der Waals surface area contributed by atoms with E-state index >= 15 is 0 Å². The first kappa shape index (κ1) is 16.0. The topological polar surface area (TPSA) is 49.4 Å². The molecule has 1 N–H and O–H groups in total. The zero-order valence-electron chi connectivity index (χ0n) is 10.9. The number of hydrogen-bond donors (Lipinski definition) is 1. The van der Waals surface area contributed by atoms with Crippen molar-refractivity contribution in [3.8, 4) is 0 Å². The zero-order valence-corrected chi connectivity index (χ0v) is 12.4. The van der Waals surface area contributed by atoms with Gasteiger partial charge < -0.3 is 5.32 Å². The first-order valence-electron chi connectivity index (χ1n) is 5.89. The SMILES string of the molecule is CCN(CC(=O)NC)CC(=O)c1ccc(Cl)c(Cl)c1. The molecule has 0 aliphatic rings. The third kappa shape index (κ3) is 4.82. The van der Waals surface area contributed by atoms with Crippen molar-refractivity contribution in [1.29, 1.82) is 0 Å². The number of Topliss-reactive ketones (excluding diaryl/α,β-unsaturated/α-hetero) is 1. The molecule has 0 spiro atoms. The number of ketones is 1. The second-order valence-electron chi connectivity index (χ2n) is 4.03. The fraction of sp³-hybridized carbons (Fsp3) is 0.385. The fourth-order valence-electron chi connectivity index (χ4n) is 1.53. The van der Waals surface area contributed by atoms with E-state index in [1.54, 1.807) is 30.1 Å². The van der Waals surface area contributed by atoms with E-state index in [1.807, 2.05) is 6.92 Å². The standard InChI is InChI=1S/C13H16Cl2N2O2/c1-3-17(8-13(19)16-2)7-12(18)9-4-5-10(14)11(15)6-9/h4-6H,3,7-8H2,1-2H3,(H,16,19). The van der Waals surface area contributed by atoms with Gasteiger partial charge >= 0.3 is 0 Å². The lowest BCUT2D eigenvalue weighted by molar-refractivity contribution is -0.121. The van der Waals surface area contributed by atoms with Crippen molar-refractivity contribution in [1.82, 2.24) is 10.2 Å². The van der Waals surface area contributed by atoms with Crippen LogP contribution in [0.15, 0.2) is 18.2 Å². The zero-order chi connectivity index (χ0) is 14.4. The Kier molecular flexibility index (Phi) is 6.28. The van der Waals surface area contributed by atoms with Gasteiger partial charge in [0.1, 0.15) is 0 Å². The Morgan fingerprint density at radius 3 is 2.42 bits per heavy atom. The molecule has 1 aromatic rings. The van der Waals surface area contributed by atoms with Crippen LogP contribution in [0.4, 0.5) is 0 Å². The van der Waals surface area contributed by atoms with Gasteiger partial charge in [0.2, 0.25) is 5.91 Å². The van der Waals surface area contributed by atoms with E-state index in [-0.39, 0.29) is 24.8 Å². The molecule has 0 saturated carbocycles. The second kappa shape index (κ2) is 7.48. The third-order valence-corrected chi connectivity index (χ3v) is 3.44. The summed E-state index contributed by atoms with van der Waals surface area (Å²) < 4.78 is 0. The average Bonchev–Trinajstić information content (AvgIpc) is 2.40. The molecule has 104 valence electrons. The van der Waals surface area contributed by atoms with Crippen molar-refractivity contribution in [2.45, 2.75) is 6.92 Å². The maximum Gasteiger partial charge on any atom is 0.233 e. The lowest BCUT2D eigenvalue weighted by Gasteiger charge is -2.18. The summed E-state index contributed by atoms with van der Waals surface area (Å²) in [7, 11) is 1.57. The lowest BCUT2D eigenvalue weighted by Crippen LogP contribution is -2.38. The minimum Gasteiger partial charge on any atom is -0.358 e. The Hall–Kier alpha value is -1.10. The van der Waals surface area contributed by atoms with Crippen molar-refractivity contribution >= 4 is 34.9 Å². The van der Waals surface area contributed by atoms with Crippen LogP contribution >= 0.6 is 23.2 Å². The number of benzene rings is 1. The van der Waals surface area contributed by atoms with Crippen molar-refractivity contribution in [2.75, 3.05) is 26.7 Å². The summed E-state index contributed by atoms with van der Waals surface area (Å²) in [5.74, 6) is -0.215. The maximum absolute atomic E-state index is 12.1. The second-order valence-corrected chi connectivity index (χ2v) is 4.84. The Labute approximate surface area is 122 Å². The van der Waals surface area contributed by atoms with Crippen LogP contribution < -0.4 is 5.32 Å². The Balaban J connectivity index is 2.71. The van der Waals surface area contributed by atoms with Crippen LogP contribution in [-0.2, 0) is 4.79 Å². The molecule has 0 heterocycles. The monoisotopic (exact) mass is 302 g/mol. The molecule has 4 nitrogen and oxygen atoms in total. The van der Waals surface area contributed by atoms with Crippen molar-refractivity contribution < 1.29 is 9.59 Å². The van der Waals surface area contributed by atoms with E-state index < -0.39 is 0 Å². The highest BCUT2D eigenvalue weighted by Gasteiger charge is 2.14. The molecular formula is C13H16Cl2N2O2. The maximum atomic E-state index is 12.1. The van der Waals surface area contributed by atoms with Gasteiger partial charge in [0.15, 0.2) is 5.78 Å². The number of rotatable bonds is 6. The Morgan fingerprint density at radius 1 is 1.21 bits per heavy atom. The smallest absolute Gasteiger partial charge is 0.233 e. The summed E-state index contributed by atoms with van der Waals surface area (Å²) in [5, 5.41) is 3.29. The number of hydrogen-bond acceptors (Lipinski definition) is 3. The quantitative estimate of drug-likeness (QED) is 0.820. The van der Waals surface area contributed by atoms with Crippen LogP contribution in [0.1, 0.15) is 17.3 Å². The fourth-order valence-corrected chi connectivity index (χ4v) is 1.82. The number of amides is 1. The van der Waals surface area contributed by atoms with Gasteiger partial charge in [0.25, 0.3) is 0 Å². The minimum absolute atomic E-state index is 0.0932. The summed E-state index contributed by atoms with van der Waals surface area (Å²) >= 11 is 11.7. The van der Waals surface area contributed by atoms with E-state index in [0.29, 0.717) is 22.2 Å². The van der Waals surface area contributed by atoms with E-state index in [0.717, 1.165) is 0 Å². The number of carbonyl (C=O) groups is 2. The summed E-state index contributed by atoms with van der Waals surface area (Å²) in [6.45, 7) is 2.87. The number of likely N-dealkylation sites (N-methyl/N-ethyl adjacent to an activating group) is 2. The molecule has 0 aliphatic heterocycles. The molecule has 0 atom stereocenters. The summed E-state index contributed by atoms with van der Waals surface area (Å²) in [6.07, 6.45) is 0. The molecule has 0 saturated heterocycles. The van der Waals surface area contributed by atoms with Crippen LogP contribution in [-0.4, -0.2) is 43.3 Å². The van der Waals surface area contributed by atoms with Gasteiger partial charge in [-0.2, -0.15) is 0 Å². The van der Waals surface area contributed by atoms with Crippen LogP contribution in [0, 0.1) is 0 Å².